The topological polar surface area (TPSA) is 54.0 Å². The fourth-order valence-corrected chi connectivity index (χ4v) is 2.14. The van der Waals surface area contributed by atoms with Crippen LogP contribution in [0.1, 0.15) is 5.56 Å². The molecule has 1 aromatic carbocycles. The Morgan fingerprint density at radius 1 is 1.37 bits per heavy atom. The minimum Gasteiger partial charge on any atom is -0.504 e. The minimum absolute atomic E-state index is 0.190. The molecule has 0 amide bonds. The minimum atomic E-state index is 0.190. The van der Waals surface area contributed by atoms with Crippen LogP contribution in [0, 0.1) is 0 Å². The maximum Gasteiger partial charge on any atom is 0.160 e. The van der Waals surface area contributed by atoms with Gasteiger partial charge in [0.1, 0.15) is 0 Å². The first-order valence-electron chi connectivity index (χ1n) is 6.66. The highest BCUT2D eigenvalue weighted by Gasteiger charge is 2.09. The van der Waals surface area contributed by atoms with E-state index >= 15 is 0 Å². The molecular weight excluding hydrogens is 244 g/mol. The van der Waals surface area contributed by atoms with Gasteiger partial charge >= 0.3 is 0 Å². The highest BCUT2D eigenvalue weighted by Crippen LogP contribution is 2.25. The Balaban J connectivity index is 1.69. The van der Waals surface area contributed by atoms with Crippen LogP contribution >= 0.6 is 0 Å². The van der Waals surface area contributed by atoms with Gasteiger partial charge in [0.2, 0.25) is 0 Å². The molecular formula is C14H22N2O3. The molecule has 19 heavy (non-hydrogen) atoms. The smallest absolute Gasteiger partial charge is 0.160 e. The zero-order valence-electron chi connectivity index (χ0n) is 11.4. The van der Waals surface area contributed by atoms with E-state index in [0.717, 1.165) is 51.5 Å². The second-order valence-corrected chi connectivity index (χ2v) is 4.64. The van der Waals surface area contributed by atoms with E-state index in [2.05, 4.69) is 10.2 Å². The first-order valence-corrected chi connectivity index (χ1v) is 6.66. The van der Waals surface area contributed by atoms with Crippen molar-refractivity contribution in [3.63, 3.8) is 0 Å². The number of phenols is 1. The van der Waals surface area contributed by atoms with Crippen molar-refractivity contribution in [3.05, 3.63) is 23.8 Å². The first kappa shape index (κ1) is 14.1. The van der Waals surface area contributed by atoms with E-state index in [9.17, 15) is 5.11 Å². The highest BCUT2D eigenvalue weighted by molar-refractivity contribution is 5.41. The van der Waals surface area contributed by atoms with Crippen LogP contribution < -0.4 is 10.1 Å². The normalized spacial score (nSPS) is 16.5. The van der Waals surface area contributed by atoms with Crippen LogP contribution in [0.25, 0.3) is 0 Å². The van der Waals surface area contributed by atoms with Gasteiger partial charge in [-0.15, -0.1) is 0 Å². The number of phenolic OH excluding ortho intramolecular Hbond substituents is 1. The summed E-state index contributed by atoms with van der Waals surface area (Å²) < 4.78 is 10.3. The fourth-order valence-electron chi connectivity index (χ4n) is 2.14. The van der Waals surface area contributed by atoms with Crippen molar-refractivity contribution >= 4 is 0 Å². The molecule has 5 nitrogen and oxygen atoms in total. The number of nitrogens with one attached hydrogen (secondary N) is 1. The van der Waals surface area contributed by atoms with E-state index in [1.54, 1.807) is 19.2 Å². The molecule has 0 spiro atoms. The lowest BCUT2D eigenvalue weighted by Crippen LogP contribution is -2.40. The number of ether oxygens (including phenoxy) is 2. The number of hydrogen-bond donors (Lipinski definition) is 2. The van der Waals surface area contributed by atoms with Crippen LogP contribution in [-0.4, -0.2) is 56.5 Å². The van der Waals surface area contributed by atoms with Crippen LogP contribution in [-0.2, 0) is 11.3 Å². The average molecular weight is 266 g/mol. The Morgan fingerprint density at radius 3 is 2.84 bits per heavy atom. The summed E-state index contributed by atoms with van der Waals surface area (Å²) in [6.07, 6.45) is 0. The third-order valence-electron chi connectivity index (χ3n) is 3.28. The largest absolute Gasteiger partial charge is 0.504 e. The van der Waals surface area contributed by atoms with Crippen molar-refractivity contribution < 1.29 is 14.6 Å². The van der Waals surface area contributed by atoms with Gasteiger partial charge in [-0.1, -0.05) is 6.07 Å². The summed E-state index contributed by atoms with van der Waals surface area (Å²) in [6.45, 7) is 6.44. The number of hydrogen-bond acceptors (Lipinski definition) is 5. The van der Waals surface area contributed by atoms with Crippen molar-refractivity contribution in [2.24, 2.45) is 0 Å². The lowest BCUT2D eigenvalue weighted by Gasteiger charge is -2.26. The van der Waals surface area contributed by atoms with Gasteiger partial charge in [-0.3, -0.25) is 4.90 Å². The zero-order chi connectivity index (χ0) is 13.5. The molecule has 1 aliphatic rings. The standard InChI is InChI=1S/C14H22N2O3/c1-18-14-3-2-12(10-13(14)17)11-15-4-5-16-6-8-19-9-7-16/h2-3,10,15,17H,4-9,11H2,1H3. The number of nitrogens with zero attached hydrogens (tertiary/aromatic N) is 1. The van der Waals surface area contributed by atoms with Gasteiger partial charge < -0.3 is 19.9 Å². The number of rotatable bonds is 6. The molecule has 1 saturated heterocycles. The van der Waals surface area contributed by atoms with Gasteiger partial charge in [0.05, 0.1) is 20.3 Å². The van der Waals surface area contributed by atoms with E-state index in [1.165, 1.54) is 0 Å². The van der Waals surface area contributed by atoms with Gasteiger partial charge in [0.15, 0.2) is 11.5 Å². The van der Waals surface area contributed by atoms with Crippen LogP contribution in [0.2, 0.25) is 0 Å². The Labute approximate surface area is 114 Å². The Kier molecular flexibility index (Phi) is 5.44. The van der Waals surface area contributed by atoms with Crippen LogP contribution in [0.4, 0.5) is 0 Å². The molecule has 0 atom stereocenters. The van der Waals surface area contributed by atoms with Gasteiger partial charge in [-0.25, -0.2) is 0 Å². The molecule has 1 aromatic rings. The second-order valence-electron chi connectivity index (χ2n) is 4.64. The van der Waals surface area contributed by atoms with E-state index in [4.69, 9.17) is 9.47 Å². The Morgan fingerprint density at radius 2 is 2.16 bits per heavy atom. The monoisotopic (exact) mass is 266 g/mol. The maximum absolute atomic E-state index is 9.68. The number of methoxy groups -OCH3 is 1. The molecule has 5 heteroatoms. The summed E-state index contributed by atoms with van der Waals surface area (Å²) >= 11 is 0. The van der Waals surface area contributed by atoms with Gasteiger partial charge in [-0.2, -0.15) is 0 Å². The van der Waals surface area contributed by atoms with Crippen molar-refractivity contribution in [1.82, 2.24) is 10.2 Å². The number of aromatic hydroxyl groups is 1. The van der Waals surface area contributed by atoms with E-state index in [0.29, 0.717) is 5.75 Å². The molecule has 106 valence electrons. The molecule has 0 aromatic heterocycles. The SMILES string of the molecule is COc1ccc(CNCCN2CCOCC2)cc1O. The third-order valence-corrected chi connectivity index (χ3v) is 3.28. The quantitative estimate of drug-likeness (QED) is 0.747. The van der Waals surface area contributed by atoms with Crippen molar-refractivity contribution in [2.45, 2.75) is 6.54 Å². The molecule has 1 heterocycles. The van der Waals surface area contributed by atoms with Crippen molar-refractivity contribution in [2.75, 3.05) is 46.5 Å². The molecule has 0 radical (unpaired) electrons. The average Bonchev–Trinajstić information content (AvgIpc) is 2.45. The Hall–Kier alpha value is -1.30. The summed E-state index contributed by atoms with van der Waals surface area (Å²) in [5.74, 6) is 0.701. The van der Waals surface area contributed by atoms with E-state index < -0.39 is 0 Å². The lowest BCUT2D eigenvalue weighted by molar-refractivity contribution is 0.0384. The van der Waals surface area contributed by atoms with Crippen molar-refractivity contribution in [1.29, 1.82) is 0 Å². The molecule has 1 fully saturated rings. The Bertz CT molecular complexity index is 392. The number of morpholine rings is 1. The predicted octanol–water partition coefficient (Wildman–Crippen LogP) is 0.823. The molecule has 2 rings (SSSR count). The summed E-state index contributed by atoms with van der Waals surface area (Å²) in [5, 5.41) is 13.1. The summed E-state index contributed by atoms with van der Waals surface area (Å²) in [4.78, 5) is 2.39. The zero-order valence-corrected chi connectivity index (χ0v) is 11.4. The maximum atomic E-state index is 9.68. The van der Waals surface area contributed by atoms with E-state index in [-0.39, 0.29) is 5.75 Å². The highest BCUT2D eigenvalue weighted by atomic mass is 16.5. The summed E-state index contributed by atoms with van der Waals surface area (Å²) in [5.41, 5.74) is 1.06. The van der Waals surface area contributed by atoms with E-state index in [1.807, 2.05) is 6.07 Å². The summed E-state index contributed by atoms with van der Waals surface area (Å²) in [6, 6.07) is 5.48. The lowest BCUT2D eigenvalue weighted by atomic mass is 10.2. The van der Waals surface area contributed by atoms with Crippen molar-refractivity contribution in [3.8, 4) is 11.5 Å². The molecule has 2 N–H and O–H groups in total. The molecule has 1 aliphatic heterocycles. The predicted molar refractivity (Wildman–Crippen MR) is 73.6 cm³/mol. The second kappa shape index (κ2) is 7.33. The third kappa shape index (κ3) is 4.38. The number of benzene rings is 1. The van der Waals surface area contributed by atoms with Crippen LogP contribution in [0.15, 0.2) is 18.2 Å². The van der Waals surface area contributed by atoms with Gasteiger partial charge in [0.25, 0.3) is 0 Å². The fraction of sp³-hybridized carbons (Fsp3) is 0.571. The first-order chi connectivity index (χ1) is 9.29. The molecule has 0 unspecified atom stereocenters. The van der Waals surface area contributed by atoms with Crippen LogP contribution in [0.5, 0.6) is 11.5 Å². The van der Waals surface area contributed by atoms with Gasteiger partial charge in [0, 0.05) is 32.7 Å². The summed E-state index contributed by atoms with van der Waals surface area (Å²) in [7, 11) is 1.55. The molecule has 0 bridgehead atoms. The molecule has 0 saturated carbocycles. The molecule has 0 aliphatic carbocycles. The van der Waals surface area contributed by atoms with Crippen LogP contribution in [0.3, 0.4) is 0 Å². The van der Waals surface area contributed by atoms with Gasteiger partial charge in [-0.05, 0) is 17.7 Å².